The highest BCUT2D eigenvalue weighted by atomic mass is 127. The number of rotatable bonds is 10. The Morgan fingerprint density at radius 3 is 2.72 bits per heavy atom. The average molecular weight is 517 g/mol. The maximum absolute atomic E-state index is 12.0. The highest BCUT2D eigenvalue weighted by Crippen LogP contribution is 2.20. The minimum Gasteiger partial charge on any atom is -0.378 e. The van der Waals surface area contributed by atoms with Crippen LogP contribution in [0.4, 0.5) is 5.82 Å². The second kappa shape index (κ2) is 15.4. The molecule has 1 saturated carbocycles. The molecule has 3 N–H and O–H groups in total. The van der Waals surface area contributed by atoms with Gasteiger partial charge in [0.2, 0.25) is 5.91 Å². The fourth-order valence-corrected chi connectivity index (χ4v) is 3.12. The van der Waals surface area contributed by atoms with Crippen LogP contribution in [0.3, 0.4) is 0 Å². The molecule has 0 spiro atoms. The number of ether oxygens (including phenoxy) is 1. The summed E-state index contributed by atoms with van der Waals surface area (Å²) in [6.07, 6.45) is 9.79. The van der Waals surface area contributed by atoms with Crippen LogP contribution < -0.4 is 16.0 Å². The van der Waals surface area contributed by atoms with Crippen LogP contribution in [0, 0.1) is 6.92 Å². The van der Waals surface area contributed by atoms with Crippen LogP contribution >= 0.6 is 24.0 Å². The summed E-state index contributed by atoms with van der Waals surface area (Å²) in [5, 5.41) is 9.21. The van der Waals surface area contributed by atoms with Gasteiger partial charge in [0.05, 0.1) is 6.10 Å². The molecular formula is C21H36IN5O2. The summed E-state index contributed by atoms with van der Waals surface area (Å²) in [5.41, 5.74) is 1.07. The lowest BCUT2D eigenvalue weighted by atomic mass is 9.98. The number of carbonyl (C=O) groups is 1. The number of hydrogen-bond acceptors (Lipinski definition) is 4. The Morgan fingerprint density at radius 2 is 2.03 bits per heavy atom. The molecule has 1 aliphatic rings. The topological polar surface area (TPSA) is 87.6 Å². The van der Waals surface area contributed by atoms with Gasteiger partial charge in [0, 0.05) is 38.9 Å². The standard InChI is InChI=1S/C21H35N5O2.HI/c1-3-22-21(23-13-7-15-28-18-8-5-4-6-9-18)24-14-12-20(27)26-19-11-10-17(2)16-25-19;/h10-11,16,18H,3-9,12-15H2,1-2H3,(H2,22,23,24)(H,25,26,27);1H. The third-order valence-corrected chi connectivity index (χ3v) is 4.65. The number of anilines is 1. The summed E-state index contributed by atoms with van der Waals surface area (Å²) in [7, 11) is 0. The van der Waals surface area contributed by atoms with E-state index in [1.165, 1.54) is 32.1 Å². The number of nitrogens with zero attached hydrogens (tertiary/aromatic N) is 2. The zero-order chi connectivity index (χ0) is 20.0. The molecule has 0 aliphatic heterocycles. The molecule has 2 rings (SSSR count). The van der Waals surface area contributed by atoms with Crippen LogP contribution in [-0.2, 0) is 9.53 Å². The Labute approximate surface area is 191 Å². The lowest BCUT2D eigenvalue weighted by Gasteiger charge is -2.21. The van der Waals surface area contributed by atoms with E-state index in [2.05, 4.69) is 25.9 Å². The average Bonchev–Trinajstić information content (AvgIpc) is 2.70. The van der Waals surface area contributed by atoms with Gasteiger partial charge in [0.15, 0.2) is 5.96 Å². The molecule has 0 unspecified atom stereocenters. The first kappa shape index (κ1) is 25.6. The molecule has 164 valence electrons. The predicted octanol–water partition coefficient (Wildman–Crippen LogP) is 3.63. The maximum atomic E-state index is 12.0. The molecule has 1 aromatic heterocycles. The van der Waals surface area contributed by atoms with E-state index in [0.29, 0.717) is 31.4 Å². The van der Waals surface area contributed by atoms with Gasteiger partial charge >= 0.3 is 0 Å². The molecule has 7 nitrogen and oxygen atoms in total. The quantitative estimate of drug-likeness (QED) is 0.191. The van der Waals surface area contributed by atoms with E-state index in [1.807, 2.05) is 26.0 Å². The van der Waals surface area contributed by atoms with Gasteiger partial charge in [-0.05, 0) is 44.7 Å². The smallest absolute Gasteiger partial charge is 0.227 e. The molecule has 0 saturated heterocycles. The number of carbonyl (C=O) groups excluding carboxylic acids is 1. The second-order valence-corrected chi connectivity index (χ2v) is 7.19. The van der Waals surface area contributed by atoms with Crippen molar-refractivity contribution in [2.24, 2.45) is 4.99 Å². The van der Waals surface area contributed by atoms with Crippen molar-refractivity contribution in [2.75, 3.05) is 31.6 Å². The molecule has 0 aromatic carbocycles. The molecule has 0 radical (unpaired) electrons. The van der Waals surface area contributed by atoms with Crippen LogP contribution in [0.5, 0.6) is 0 Å². The number of nitrogens with one attached hydrogen (secondary N) is 3. The Balaban J connectivity index is 0.00000420. The van der Waals surface area contributed by atoms with Gasteiger partial charge in [-0.2, -0.15) is 0 Å². The number of halogens is 1. The molecule has 8 heteroatoms. The minimum absolute atomic E-state index is 0. The summed E-state index contributed by atoms with van der Waals surface area (Å²) in [4.78, 5) is 20.8. The molecule has 29 heavy (non-hydrogen) atoms. The summed E-state index contributed by atoms with van der Waals surface area (Å²) in [5.74, 6) is 1.25. The van der Waals surface area contributed by atoms with Gasteiger partial charge in [-0.15, -0.1) is 24.0 Å². The van der Waals surface area contributed by atoms with Crippen molar-refractivity contribution in [3.05, 3.63) is 23.9 Å². The van der Waals surface area contributed by atoms with E-state index in [4.69, 9.17) is 4.74 Å². The Morgan fingerprint density at radius 1 is 1.24 bits per heavy atom. The molecule has 1 aromatic rings. The highest BCUT2D eigenvalue weighted by Gasteiger charge is 2.12. The van der Waals surface area contributed by atoms with Crippen molar-refractivity contribution in [3.8, 4) is 0 Å². The Bertz CT molecular complexity index is 604. The number of pyridine rings is 1. The van der Waals surface area contributed by atoms with Gasteiger partial charge in [0.25, 0.3) is 0 Å². The molecule has 0 bridgehead atoms. The number of aliphatic imine (C=N–C) groups is 1. The van der Waals surface area contributed by atoms with E-state index < -0.39 is 0 Å². The maximum Gasteiger partial charge on any atom is 0.227 e. The number of guanidine groups is 1. The van der Waals surface area contributed by atoms with Gasteiger partial charge in [0.1, 0.15) is 5.82 Å². The SMILES string of the molecule is CCNC(=NCCCOC1CCCCC1)NCCC(=O)Nc1ccc(C)cn1.I. The second-order valence-electron chi connectivity index (χ2n) is 7.19. The number of hydrogen-bond donors (Lipinski definition) is 3. The van der Waals surface area contributed by atoms with Crippen molar-refractivity contribution >= 4 is 41.7 Å². The van der Waals surface area contributed by atoms with Crippen LogP contribution in [0.2, 0.25) is 0 Å². The summed E-state index contributed by atoms with van der Waals surface area (Å²) >= 11 is 0. The third kappa shape index (κ3) is 11.4. The zero-order valence-corrected chi connectivity index (χ0v) is 20.0. The van der Waals surface area contributed by atoms with E-state index in [9.17, 15) is 4.79 Å². The van der Waals surface area contributed by atoms with Gasteiger partial charge < -0.3 is 20.7 Å². The molecule has 1 heterocycles. The van der Waals surface area contributed by atoms with Crippen LogP contribution in [0.1, 0.15) is 57.4 Å². The molecule has 1 aliphatic carbocycles. The lowest BCUT2D eigenvalue weighted by Crippen LogP contribution is -2.38. The van der Waals surface area contributed by atoms with Crippen LogP contribution in [0.25, 0.3) is 0 Å². The van der Waals surface area contributed by atoms with Crippen molar-refractivity contribution in [2.45, 2.75) is 64.9 Å². The Hall–Kier alpha value is -1.42. The van der Waals surface area contributed by atoms with E-state index in [1.54, 1.807) is 6.20 Å². The van der Waals surface area contributed by atoms with Crippen molar-refractivity contribution < 1.29 is 9.53 Å². The first-order valence-corrected chi connectivity index (χ1v) is 10.5. The summed E-state index contributed by atoms with van der Waals surface area (Å²) in [6.45, 7) is 6.76. The molecule has 1 fully saturated rings. The number of aryl methyl sites for hydroxylation is 1. The summed E-state index contributed by atoms with van der Waals surface area (Å²) < 4.78 is 5.93. The van der Waals surface area contributed by atoms with Crippen molar-refractivity contribution in [1.29, 1.82) is 0 Å². The van der Waals surface area contributed by atoms with Crippen LogP contribution in [-0.4, -0.2) is 49.2 Å². The predicted molar refractivity (Wildman–Crippen MR) is 129 cm³/mol. The minimum atomic E-state index is -0.0689. The lowest BCUT2D eigenvalue weighted by molar-refractivity contribution is -0.116. The number of amides is 1. The van der Waals surface area contributed by atoms with Crippen molar-refractivity contribution in [1.82, 2.24) is 15.6 Å². The number of aromatic nitrogens is 1. The molecule has 0 atom stereocenters. The largest absolute Gasteiger partial charge is 0.378 e. The fourth-order valence-electron chi connectivity index (χ4n) is 3.12. The van der Waals surface area contributed by atoms with E-state index >= 15 is 0 Å². The van der Waals surface area contributed by atoms with Gasteiger partial charge in [-0.25, -0.2) is 4.98 Å². The van der Waals surface area contributed by atoms with E-state index in [-0.39, 0.29) is 29.9 Å². The van der Waals surface area contributed by atoms with Gasteiger partial charge in [-0.1, -0.05) is 25.3 Å². The zero-order valence-electron chi connectivity index (χ0n) is 17.7. The van der Waals surface area contributed by atoms with E-state index in [0.717, 1.165) is 31.1 Å². The summed E-state index contributed by atoms with van der Waals surface area (Å²) in [6, 6.07) is 3.73. The third-order valence-electron chi connectivity index (χ3n) is 4.65. The molecule has 1 amide bonds. The van der Waals surface area contributed by atoms with Crippen LogP contribution in [0.15, 0.2) is 23.3 Å². The van der Waals surface area contributed by atoms with Gasteiger partial charge in [-0.3, -0.25) is 9.79 Å². The first-order chi connectivity index (χ1) is 13.7. The molecular weight excluding hydrogens is 481 g/mol. The first-order valence-electron chi connectivity index (χ1n) is 10.5. The normalized spacial score (nSPS) is 14.8. The highest BCUT2D eigenvalue weighted by molar-refractivity contribution is 14.0. The van der Waals surface area contributed by atoms with Crippen molar-refractivity contribution in [3.63, 3.8) is 0 Å². The fraction of sp³-hybridized carbons (Fsp3) is 0.667. The Kier molecular flexibility index (Phi) is 13.6. The monoisotopic (exact) mass is 517 g/mol.